The first kappa shape index (κ1) is 13.1. The van der Waals surface area contributed by atoms with Crippen molar-refractivity contribution in [1.82, 2.24) is 5.32 Å². The highest BCUT2D eigenvalue weighted by Gasteiger charge is 2.21. The van der Waals surface area contributed by atoms with Gasteiger partial charge in [0.2, 0.25) is 0 Å². The van der Waals surface area contributed by atoms with Crippen LogP contribution in [0, 0.1) is 5.82 Å². The van der Waals surface area contributed by atoms with Gasteiger partial charge in [-0.05, 0) is 48.7 Å². The Morgan fingerprint density at radius 3 is 2.75 bits per heavy atom. The van der Waals surface area contributed by atoms with Crippen molar-refractivity contribution in [2.24, 2.45) is 0 Å². The Bertz CT molecular complexity index is 639. The first-order valence-corrected chi connectivity index (χ1v) is 6.87. The molecule has 2 nitrogen and oxygen atoms in total. The van der Waals surface area contributed by atoms with Gasteiger partial charge in [0.05, 0.1) is 7.11 Å². The van der Waals surface area contributed by atoms with Gasteiger partial charge in [-0.15, -0.1) is 0 Å². The molecule has 20 heavy (non-hydrogen) atoms. The number of benzene rings is 2. The molecule has 1 aliphatic rings. The van der Waals surface area contributed by atoms with Crippen molar-refractivity contribution in [3.05, 3.63) is 53.3 Å². The first-order chi connectivity index (χ1) is 9.72. The van der Waals surface area contributed by atoms with E-state index in [0.717, 1.165) is 18.4 Å². The Morgan fingerprint density at radius 2 is 2.05 bits per heavy atom. The van der Waals surface area contributed by atoms with Gasteiger partial charge in [-0.1, -0.05) is 18.2 Å². The number of ether oxygens (including phenoxy) is 1. The largest absolute Gasteiger partial charge is 0.497 e. The lowest BCUT2D eigenvalue weighted by molar-refractivity contribution is 0.411. The van der Waals surface area contributed by atoms with E-state index in [1.807, 2.05) is 13.1 Å². The van der Waals surface area contributed by atoms with Gasteiger partial charge < -0.3 is 10.1 Å². The summed E-state index contributed by atoms with van der Waals surface area (Å²) in [5, 5.41) is 3.32. The zero-order valence-corrected chi connectivity index (χ0v) is 11.7. The summed E-state index contributed by atoms with van der Waals surface area (Å²) in [5.74, 6) is 0.301. The third-order valence-electron chi connectivity index (χ3n) is 4.06. The van der Waals surface area contributed by atoms with E-state index in [0.29, 0.717) is 17.4 Å². The molecule has 0 spiro atoms. The molecule has 3 rings (SSSR count). The van der Waals surface area contributed by atoms with Crippen LogP contribution in [-0.2, 0) is 6.42 Å². The highest BCUT2D eigenvalue weighted by molar-refractivity contribution is 5.67. The van der Waals surface area contributed by atoms with Gasteiger partial charge in [0, 0.05) is 17.7 Å². The zero-order chi connectivity index (χ0) is 14.1. The molecular formula is C17H18FNO. The average molecular weight is 271 g/mol. The molecule has 1 atom stereocenters. The molecule has 0 radical (unpaired) electrons. The molecule has 104 valence electrons. The summed E-state index contributed by atoms with van der Waals surface area (Å²) in [5.41, 5.74) is 4.21. The molecule has 0 amide bonds. The van der Waals surface area contributed by atoms with Crippen LogP contribution in [0.15, 0.2) is 36.4 Å². The topological polar surface area (TPSA) is 21.3 Å². The van der Waals surface area contributed by atoms with Gasteiger partial charge in [-0.2, -0.15) is 0 Å². The van der Waals surface area contributed by atoms with E-state index < -0.39 is 0 Å². The van der Waals surface area contributed by atoms with Crippen molar-refractivity contribution >= 4 is 0 Å². The van der Waals surface area contributed by atoms with Crippen LogP contribution in [0.2, 0.25) is 0 Å². The second kappa shape index (κ2) is 5.25. The van der Waals surface area contributed by atoms with Gasteiger partial charge >= 0.3 is 0 Å². The van der Waals surface area contributed by atoms with E-state index in [9.17, 15) is 4.39 Å². The van der Waals surface area contributed by atoms with Gasteiger partial charge in [-0.3, -0.25) is 0 Å². The predicted octanol–water partition coefficient (Wildman–Crippen LogP) is 3.71. The summed E-state index contributed by atoms with van der Waals surface area (Å²) >= 11 is 0. The molecule has 0 aromatic heterocycles. The monoisotopic (exact) mass is 271 g/mol. The van der Waals surface area contributed by atoms with Gasteiger partial charge in [0.1, 0.15) is 11.6 Å². The summed E-state index contributed by atoms with van der Waals surface area (Å²) < 4.78 is 19.2. The van der Waals surface area contributed by atoms with Crippen molar-refractivity contribution in [1.29, 1.82) is 0 Å². The highest BCUT2D eigenvalue weighted by Crippen LogP contribution is 2.35. The Hall–Kier alpha value is -1.87. The fraction of sp³-hybridized carbons (Fsp3) is 0.294. The molecule has 2 aromatic carbocycles. The summed E-state index contributed by atoms with van der Waals surface area (Å²) in [6.07, 6.45) is 2.16. The standard InChI is InChI=1S/C17H18FNO/c1-19-17-8-4-12-9-11(3-6-15(12)17)14-7-5-13(20-2)10-16(14)18/h3,5-7,9-10,17,19H,4,8H2,1-2H3. The fourth-order valence-electron chi connectivity index (χ4n) is 2.94. The fourth-order valence-corrected chi connectivity index (χ4v) is 2.94. The van der Waals surface area contributed by atoms with Gasteiger partial charge in [0.25, 0.3) is 0 Å². The molecule has 0 fully saturated rings. The van der Waals surface area contributed by atoms with Crippen LogP contribution in [-0.4, -0.2) is 14.2 Å². The molecule has 1 aliphatic carbocycles. The minimum absolute atomic E-state index is 0.243. The van der Waals surface area contributed by atoms with Crippen LogP contribution >= 0.6 is 0 Å². The molecule has 1 unspecified atom stereocenters. The van der Waals surface area contributed by atoms with E-state index in [2.05, 4.69) is 17.4 Å². The van der Waals surface area contributed by atoms with Crippen LogP contribution in [0.4, 0.5) is 4.39 Å². The number of rotatable bonds is 3. The van der Waals surface area contributed by atoms with Crippen molar-refractivity contribution < 1.29 is 9.13 Å². The molecular weight excluding hydrogens is 253 g/mol. The maximum atomic E-state index is 14.1. The maximum Gasteiger partial charge on any atom is 0.134 e. The molecule has 0 saturated heterocycles. The molecule has 2 aromatic rings. The van der Waals surface area contributed by atoms with Crippen molar-refractivity contribution in [2.45, 2.75) is 18.9 Å². The van der Waals surface area contributed by atoms with Crippen molar-refractivity contribution in [3.8, 4) is 16.9 Å². The normalized spacial score (nSPS) is 17.1. The van der Waals surface area contributed by atoms with Crippen molar-refractivity contribution in [3.63, 3.8) is 0 Å². The summed E-state index contributed by atoms with van der Waals surface area (Å²) in [6, 6.07) is 11.7. The SMILES string of the molecule is CNC1CCc2cc(-c3ccc(OC)cc3F)ccc21. The van der Waals surface area contributed by atoms with Crippen LogP contribution in [0.3, 0.4) is 0 Å². The molecule has 0 saturated carbocycles. The molecule has 1 N–H and O–H groups in total. The van der Waals surface area contributed by atoms with Gasteiger partial charge in [-0.25, -0.2) is 4.39 Å². The predicted molar refractivity (Wildman–Crippen MR) is 78.5 cm³/mol. The quantitative estimate of drug-likeness (QED) is 0.919. The van der Waals surface area contributed by atoms with Crippen LogP contribution < -0.4 is 10.1 Å². The minimum atomic E-state index is -0.243. The summed E-state index contributed by atoms with van der Waals surface area (Å²) in [4.78, 5) is 0. The second-order valence-corrected chi connectivity index (χ2v) is 5.14. The van der Waals surface area contributed by atoms with E-state index in [1.54, 1.807) is 19.2 Å². The summed E-state index contributed by atoms with van der Waals surface area (Å²) in [6.45, 7) is 0. The lowest BCUT2D eigenvalue weighted by Gasteiger charge is -2.11. The summed E-state index contributed by atoms with van der Waals surface area (Å²) in [7, 11) is 3.53. The Morgan fingerprint density at radius 1 is 1.20 bits per heavy atom. The Balaban J connectivity index is 2.00. The van der Waals surface area contributed by atoms with E-state index >= 15 is 0 Å². The van der Waals surface area contributed by atoms with E-state index in [-0.39, 0.29) is 5.82 Å². The highest BCUT2D eigenvalue weighted by atomic mass is 19.1. The average Bonchev–Trinajstić information content (AvgIpc) is 2.89. The number of fused-ring (bicyclic) bond motifs is 1. The van der Waals surface area contributed by atoms with Crippen LogP contribution in [0.1, 0.15) is 23.6 Å². The smallest absolute Gasteiger partial charge is 0.134 e. The number of methoxy groups -OCH3 is 1. The lowest BCUT2D eigenvalue weighted by atomic mass is 9.99. The third-order valence-corrected chi connectivity index (χ3v) is 4.06. The number of nitrogens with one attached hydrogen (secondary N) is 1. The third kappa shape index (κ3) is 2.18. The Kier molecular flexibility index (Phi) is 3.45. The number of halogens is 1. The second-order valence-electron chi connectivity index (χ2n) is 5.14. The van der Waals surface area contributed by atoms with Crippen LogP contribution in [0.5, 0.6) is 5.75 Å². The number of hydrogen-bond acceptors (Lipinski definition) is 2. The first-order valence-electron chi connectivity index (χ1n) is 6.87. The number of aryl methyl sites for hydroxylation is 1. The molecule has 3 heteroatoms. The molecule has 0 bridgehead atoms. The lowest BCUT2D eigenvalue weighted by Crippen LogP contribution is -2.12. The minimum Gasteiger partial charge on any atom is -0.497 e. The maximum absolute atomic E-state index is 14.1. The Labute approximate surface area is 118 Å². The number of hydrogen-bond donors (Lipinski definition) is 1. The van der Waals surface area contributed by atoms with Gasteiger partial charge in [0.15, 0.2) is 0 Å². The van der Waals surface area contributed by atoms with E-state index in [1.165, 1.54) is 17.2 Å². The molecule has 0 heterocycles. The van der Waals surface area contributed by atoms with E-state index in [4.69, 9.17) is 4.74 Å². The van der Waals surface area contributed by atoms with Crippen molar-refractivity contribution in [2.75, 3.05) is 14.2 Å². The van der Waals surface area contributed by atoms with Crippen LogP contribution in [0.25, 0.3) is 11.1 Å². The molecule has 0 aliphatic heterocycles. The zero-order valence-electron chi connectivity index (χ0n) is 11.7.